The van der Waals surface area contributed by atoms with E-state index in [1.54, 1.807) is 62.3 Å². The quantitative estimate of drug-likeness (QED) is 0.0248. The zero-order valence-electron chi connectivity index (χ0n) is 43.1. The number of methoxy groups -OCH3 is 1. The molecule has 13 N–H and O–H groups in total. The molecule has 0 aliphatic heterocycles. The van der Waals surface area contributed by atoms with Gasteiger partial charge in [-0.15, -0.1) is 0 Å². The number of rotatable bonds is 32. The first-order valence-electron chi connectivity index (χ1n) is 23.9. The molecule has 8 atom stereocenters. The van der Waals surface area contributed by atoms with Gasteiger partial charge in [0.15, 0.2) is 18.0 Å². The van der Waals surface area contributed by atoms with E-state index in [0.29, 0.717) is 38.6 Å². The molecular formula is C46H83N7O18. The zero-order chi connectivity index (χ0) is 54.7. The number of esters is 1. The summed E-state index contributed by atoms with van der Waals surface area (Å²) in [5.74, 6) is -7.09. The normalized spacial score (nSPS) is 15.1. The molecule has 0 saturated heterocycles. The number of nitrogens with one attached hydrogen (secondary N) is 6. The average Bonchev–Trinajstić information content (AvgIpc) is 3.25. The minimum absolute atomic E-state index is 0.0174. The molecule has 0 fully saturated rings. The number of alkyl carbamates (subject to hydrolysis) is 3. The number of carboxylic acid groups (broad SMARTS) is 1. The predicted molar refractivity (Wildman–Crippen MR) is 255 cm³/mol. The number of carbonyl (C=O) groups excluding carboxylic acids is 8. The fourth-order valence-electron chi connectivity index (χ4n) is 6.48. The van der Waals surface area contributed by atoms with Crippen molar-refractivity contribution in [1.82, 2.24) is 31.9 Å². The van der Waals surface area contributed by atoms with Gasteiger partial charge >= 0.3 is 30.2 Å². The van der Waals surface area contributed by atoms with Crippen LogP contribution in [-0.2, 0) is 47.7 Å². The molecule has 0 aromatic heterocycles. The van der Waals surface area contributed by atoms with Crippen LogP contribution in [0.3, 0.4) is 0 Å². The SMILES string of the molecule is COC(=O)[C@H](CCCCN)NC(=O)[C@H](CCCCNC(=O)OC(C)(C)C)CC(=O)[C@H](CCCCNC(=O)OC(C)(C)C)NC(=O)[C@H](CCCNC(=O)[C@@H](O)[C@H](O)[C@H](O)[C@@H](O)C(=O)O)NC(=O)OC(C)(C)C. The summed E-state index contributed by atoms with van der Waals surface area (Å²) in [6, 6.07) is -3.78. The number of aliphatic carboxylic acids is 1. The summed E-state index contributed by atoms with van der Waals surface area (Å²) < 4.78 is 20.8. The van der Waals surface area contributed by atoms with Crippen LogP contribution < -0.4 is 37.6 Å². The van der Waals surface area contributed by atoms with Gasteiger partial charge in [-0.05, 0) is 133 Å². The second-order valence-corrected chi connectivity index (χ2v) is 20.0. The Bertz CT molecular complexity index is 1710. The van der Waals surface area contributed by atoms with Crippen molar-refractivity contribution in [2.45, 2.75) is 199 Å². The molecular weight excluding hydrogens is 939 g/mol. The number of hydrogen-bond acceptors (Lipinski definition) is 18. The largest absolute Gasteiger partial charge is 0.479 e. The topological polar surface area (TPSA) is 390 Å². The molecule has 6 amide bonds. The first-order valence-corrected chi connectivity index (χ1v) is 23.9. The Morgan fingerprint density at radius 1 is 0.493 bits per heavy atom. The summed E-state index contributed by atoms with van der Waals surface area (Å²) in [6.45, 7) is 15.3. The van der Waals surface area contributed by atoms with Crippen molar-refractivity contribution < 1.29 is 87.6 Å². The lowest BCUT2D eigenvalue weighted by Crippen LogP contribution is -2.53. The number of aliphatic hydroxyl groups is 4. The molecule has 0 spiro atoms. The highest BCUT2D eigenvalue weighted by Gasteiger charge is 2.38. The third-order valence-corrected chi connectivity index (χ3v) is 10.0. The number of Topliss-reactive ketones (excluding diaryl/α,β-unsaturated/α-hetero) is 1. The highest BCUT2D eigenvalue weighted by Crippen LogP contribution is 2.19. The Hall–Kier alpha value is -5.37. The number of unbranched alkanes of at least 4 members (excludes halogenated alkanes) is 3. The van der Waals surface area contributed by atoms with Crippen molar-refractivity contribution in [3.63, 3.8) is 0 Å². The molecule has 25 heteroatoms. The second kappa shape index (κ2) is 32.6. The number of ketones is 1. The van der Waals surface area contributed by atoms with Crippen molar-refractivity contribution in [1.29, 1.82) is 0 Å². The number of aliphatic hydroxyl groups excluding tert-OH is 4. The van der Waals surface area contributed by atoms with Crippen LogP contribution in [0.2, 0.25) is 0 Å². The van der Waals surface area contributed by atoms with Crippen LogP contribution in [0, 0.1) is 5.92 Å². The van der Waals surface area contributed by atoms with Crippen molar-refractivity contribution in [3.8, 4) is 0 Å². The summed E-state index contributed by atoms with van der Waals surface area (Å²) in [7, 11) is 1.17. The second-order valence-electron chi connectivity index (χ2n) is 20.0. The van der Waals surface area contributed by atoms with Crippen LogP contribution in [0.15, 0.2) is 0 Å². The van der Waals surface area contributed by atoms with Crippen molar-refractivity contribution in [3.05, 3.63) is 0 Å². The Morgan fingerprint density at radius 3 is 1.42 bits per heavy atom. The lowest BCUT2D eigenvalue weighted by molar-refractivity contribution is -0.166. The number of carboxylic acids is 1. The van der Waals surface area contributed by atoms with E-state index in [9.17, 15) is 63.6 Å². The summed E-state index contributed by atoms with van der Waals surface area (Å²) in [5.41, 5.74) is 3.13. The maximum Gasteiger partial charge on any atom is 0.408 e. The van der Waals surface area contributed by atoms with E-state index in [4.69, 9.17) is 29.8 Å². The third kappa shape index (κ3) is 30.2. The molecule has 0 saturated carbocycles. The standard InChI is InChI=1S/C46H83N7O18/c1-44(2,3)69-41(65)49-23-15-12-18-27(36(59)52-30(40(64)68-10)20-11-14-22-47)26-31(54)28(19-13-16-24-50-42(66)70-45(4,5)6)51-37(60)29(53-43(67)71-46(7,8)9)21-17-25-48-38(61)34(57)32(55)33(56)35(58)39(62)63/h27-30,32-35,55-58H,11-26,47H2,1-10H3,(H,48,61)(H,49,65)(H,50,66)(H,51,60)(H,52,59)(H,53,67)(H,62,63)/t27-,28+,29+,30+,32-,33+,34+,35-/m1/s1. The minimum atomic E-state index is -2.52. The van der Waals surface area contributed by atoms with Gasteiger partial charge in [0, 0.05) is 32.0 Å². The van der Waals surface area contributed by atoms with Gasteiger partial charge in [0.2, 0.25) is 11.8 Å². The van der Waals surface area contributed by atoms with Crippen LogP contribution in [0.5, 0.6) is 0 Å². The zero-order valence-corrected chi connectivity index (χ0v) is 43.1. The Morgan fingerprint density at radius 2 is 0.930 bits per heavy atom. The van der Waals surface area contributed by atoms with E-state index >= 15 is 0 Å². The van der Waals surface area contributed by atoms with Gasteiger partial charge in [-0.3, -0.25) is 19.2 Å². The number of carbonyl (C=O) groups is 9. The highest BCUT2D eigenvalue weighted by atomic mass is 16.6. The monoisotopic (exact) mass is 1020 g/mol. The van der Waals surface area contributed by atoms with Gasteiger partial charge < -0.3 is 82.1 Å². The van der Waals surface area contributed by atoms with Crippen LogP contribution >= 0.6 is 0 Å². The van der Waals surface area contributed by atoms with E-state index in [-0.39, 0.29) is 58.2 Å². The average molecular weight is 1020 g/mol. The molecule has 410 valence electrons. The van der Waals surface area contributed by atoms with Crippen LogP contribution in [0.25, 0.3) is 0 Å². The van der Waals surface area contributed by atoms with E-state index < -0.39 is 125 Å². The van der Waals surface area contributed by atoms with E-state index in [1.807, 2.05) is 0 Å². The Labute approximate surface area is 416 Å². The van der Waals surface area contributed by atoms with Crippen LogP contribution in [-0.4, -0.2) is 172 Å². The van der Waals surface area contributed by atoms with E-state index in [2.05, 4.69) is 31.9 Å². The maximum absolute atomic E-state index is 14.4. The summed E-state index contributed by atoms with van der Waals surface area (Å²) in [6.07, 6.45) is -10.3. The number of hydrogen-bond donors (Lipinski definition) is 12. The smallest absolute Gasteiger partial charge is 0.408 e. The number of amides is 6. The minimum Gasteiger partial charge on any atom is -0.479 e. The molecule has 0 unspecified atom stereocenters. The molecule has 0 aromatic carbocycles. The highest BCUT2D eigenvalue weighted by molar-refractivity contribution is 5.95. The molecule has 0 heterocycles. The first kappa shape index (κ1) is 65.6. The molecule has 0 aliphatic rings. The Kier molecular flexibility index (Phi) is 30.1. The van der Waals surface area contributed by atoms with Gasteiger partial charge in [0.05, 0.1) is 13.2 Å². The van der Waals surface area contributed by atoms with Gasteiger partial charge in [-0.1, -0.05) is 6.42 Å². The van der Waals surface area contributed by atoms with Crippen LogP contribution in [0.4, 0.5) is 14.4 Å². The molecule has 0 aliphatic carbocycles. The Balaban J connectivity index is 6.67. The molecule has 0 aromatic rings. The molecule has 25 nitrogen and oxygen atoms in total. The third-order valence-electron chi connectivity index (χ3n) is 10.0. The lowest BCUT2D eigenvalue weighted by Gasteiger charge is -2.27. The first-order chi connectivity index (χ1) is 32.8. The van der Waals surface area contributed by atoms with Crippen molar-refractivity contribution in [2.24, 2.45) is 11.7 Å². The van der Waals surface area contributed by atoms with Gasteiger partial charge in [0.25, 0.3) is 5.91 Å². The number of nitrogens with two attached hydrogens (primary N) is 1. The molecule has 0 rings (SSSR count). The fourth-order valence-corrected chi connectivity index (χ4v) is 6.48. The van der Waals surface area contributed by atoms with Gasteiger partial charge in [0.1, 0.15) is 41.1 Å². The molecule has 0 radical (unpaired) electrons. The maximum atomic E-state index is 14.4. The van der Waals surface area contributed by atoms with Crippen molar-refractivity contribution >= 4 is 53.7 Å². The predicted octanol–water partition coefficient (Wildman–Crippen LogP) is 0.541. The van der Waals surface area contributed by atoms with Gasteiger partial charge in [-0.25, -0.2) is 24.0 Å². The van der Waals surface area contributed by atoms with Gasteiger partial charge in [-0.2, -0.15) is 0 Å². The van der Waals surface area contributed by atoms with Crippen molar-refractivity contribution in [2.75, 3.05) is 33.3 Å². The number of ether oxygens (including phenoxy) is 4. The van der Waals surface area contributed by atoms with E-state index in [1.165, 1.54) is 7.11 Å². The summed E-state index contributed by atoms with van der Waals surface area (Å²) in [4.78, 5) is 116. The molecule has 0 bridgehead atoms. The summed E-state index contributed by atoms with van der Waals surface area (Å²) in [5, 5.41) is 63.8. The fraction of sp³-hybridized carbons (Fsp3) is 0.804. The van der Waals surface area contributed by atoms with E-state index in [0.717, 1.165) is 0 Å². The van der Waals surface area contributed by atoms with Crippen LogP contribution in [0.1, 0.15) is 139 Å². The summed E-state index contributed by atoms with van der Waals surface area (Å²) >= 11 is 0. The molecule has 71 heavy (non-hydrogen) atoms. The lowest BCUT2D eigenvalue weighted by atomic mass is 9.90.